The molecule has 4 unspecified atom stereocenters. The number of methoxy groups -OCH3 is 2. The zero-order chi connectivity index (χ0) is 35.4. The van der Waals surface area contributed by atoms with E-state index in [4.69, 9.17) is 53.8 Å². The number of aliphatic hydroxyl groups is 1. The Labute approximate surface area is 308 Å². The lowest BCUT2D eigenvalue weighted by Crippen LogP contribution is -2.45. The van der Waals surface area contributed by atoms with Crippen molar-refractivity contribution in [3.63, 3.8) is 0 Å². The van der Waals surface area contributed by atoms with E-state index in [2.05, 4.69) is 29.3 Å². The molecule has 2 N–H and O–H groups in total. The smallest absolute Gasteiger partial charge is 0.272 e. The number of nitrogens with zero attached hydrogens (tertiary/aromatic N) is 1. The molecule has 0 saturated carbocycles. The van der Waals surface area contributed by atoms with Crippen LogP contribution in [-0.2, 0) is 40.4 Å². The molecule has 11 heteroatoms. The number of hydrogen-bond acceptors (Lipinski definition) is 7. The summed E-state index contributed by atoms with van der Waals surface area (Å²) < 4.78 is 22.6. The molecule has 4 atom stereocenters. The molecule has 4 aromatic carbocycles. The molecule has 8 nitrogen and oxygen atoms in total. The second kappa shape index (κ2) is 15.9. The van der Waals surface area contributed by atoms with E-state index in [1.165, 1.54) is 11.1 Å². The monoisotopic (exact) mass is 738 g/mol. The molecule has 2 heterocycles. The number of nitrogens with one attached hydrogen (secondary N) is 1. The molecule has 1 amide bonds. The highest BCUT2D eigenvalue weighted by atomic mass is 35.6. The normalized spacial score (nSPS) is 20.9. The molecule has 0 aromatic heterocycles. The maximum absolute atomic E-state index is 12.0. The van der Waals surface area contributed by atoms with E-state index in [1.54, 1.807) is 14.2 Å². The highest BCUT2D eigenvalue weighted by molar-refractivity contribution is 6.76. The standard InChI is InChI=1S/C39H41Cl3N2O6/c1-24-35(22-44-16-15-31-18-33(47-2)34(48-3)19-32(31)21-44)49-37(50-36(24)28-9-7-25(23-45)8-10-28)29-13-11-27(12-14-29)30-6-4-5-26(17-30)20-43-38(46)39(40,41)42/h4-14,17-19,24,35-37,45H,15-16,20-23H2,1-3H3,(H,43,46). The van der Waals surface area contributed by atoms with Crippen LogP contribution in [0.3, 0.4) is 0 Å². The number of ether oxygens (including phenoxy) is 4. The Kier molecular flexibility index (Phi) is 11.6. The van der Waals surface area contributed by atoms with Gasteiger partial charge in [0.15, 0.2) is 17.8 Å². The minimum atomic E-state index is -2.02. The zero-order valence-electron chi connectivity index (χ0n) is 28.2. The van der Waals surface area contributed by atoms with Gasteiger partial charge in [-0.25, -0.2) is 0 Å². The molecule has 0 spiro atoms. The maximum Gasteiger partial charge on any atom is 0.272 e. The third kappa shape index (κ3) is 8.40. The Morgan fingerprint density at radius 2 is 1.56 bits per heavy atom. The Balaban J connectivity index is 1.21. The topological polar surface area (TPSA) is 89.5 Å². The van der Waals surface area contributed by atoms with Crippen LogP contribution >= 0.6 is 34.8 Å². The maximum atomic E-state index is 12.0. The molecule has 0 radical (unpaired) electrons. The van der Waals surface area contributed by atoms with Gasteiger partial charge in [-0.15, -0.1) is 0 Å². The Bertz CT molecular complexity index is 1780. The first-order chi connectivity index (χ1) is 24.1. The van der Waals surface area contributed by atoms with Gasteiger partial charge in [-0.05, 0) is 63.6 Å². The van der Waals surface area contributed by atoms with Crippen LogP contribution < -0.4 is 14.8 Å². The van der Waals surface area contributed by atoms with Crippen LogP contribution in [0, 0.1) is 5.92 Å². The van der Waals surface area contributed by atoms with Gasteiger partial charge in [-0.2, -0.15) is 0 Å². The van der Waals surface area contributed by atoms with Crippen LogP contribution in [0.5, 0.6) is 11.5 Å². The van der Waals surface area contributed by atoms with Crippen LogP contribution in [-0.4, -0.2) is 53.1 Å². The molecular weight excluding hydrogens is 699 g/mol. The number of halogens is 3. The first kappa shape index (κ1) is 36.5. The van der Waals surface area contributed by atoms with Crippen molar-refractivity contribution < 1.29 is 28.8 Å². The highest BCUT2D eigenvalue weighted by Crippen LogP contribution is 2.43. The fraction of sp³-hybridized carbons (Fsp3) is 0.359. The van der Waals surface area contributed by atoms with Crippen molar-refractivity contribution in [2.24, 2.45) is 5.92 Å². The number of aliphatic hydroxyl groups excluding tert-OH is 1. The zero-order valence-corrected chi connectivity index (χ0v) is 30.5. The number of carbonyl (C=O) groups is 1. The molecule has 0 aliphatic carbocycles. The summed E-state index contributed by atoms with van der Waals surface area (Å²) >= 11 is 17.1. The summed E-state index contributed by atoms with van der Waals surface area (Å²) in [4.78, 5) is 14.5. The predicted molar refractivity (Wildman–Crippen MR) is 196 cm³/mol. The van der Waals surface area contributed by atoms with Gasteiger partial charge in [0.05, 0.1) is 33.0 Å². The van der Waals surface area contributed by atoms with Gasteiger partial charge in [-0.1, -0.05) is 108 Å². The lowest BCUT2D eigenvalue weighted by atomic mass is 9.89. The number of benzene rings is 4. The number of rotatable bonds is 10. The van der Waals surface area contributed by atoms with Crippen LogP contribution in [0.4, 0.5) is 0 Å². The average molecular weight is 740 g/mol. The van der Waals surface area contributed by atoms with Crippen molar-refractivity contribution in [2.75, 3.05) is 27.3 Å². The first-order valence-corrected chi connectivity index (χ1v) is 17.7. The largest absolute Gasteiger partial charge is 0.493 e. The quantitative estimate of drug-likeness (QED) is 0.161. The van der Waals surface area contributed by atoms with Crippen LogP contribution in [0.15, 0.2) is 84.9 Å². The average Bonchev–Trinajstić information content (AvgIpc) is 3.13. The molecule has 6 rings (SSSR count). The number of carbonyl (C=O) groups excluding carboxylic acids is 1. The van der Waals surface area contributed by atoms with E-state index in [0.717, 1.165) is 70.9 Å². The Hall–Kier alpha value is -3.34. The summed E-state index contributed by atoms with van der Waals surface area (Å²) in [6.07, 6.45) is -0.00728. The van der Waals surface area contributed by atoms with Gasteiger partial charge in [-0.3, -0.25) is 9.69 Å². The first-order valence-electron chi connectivity index (χ1n) is 16.6. The van der Waals surface area contributed by atoms with E-state index >= 15 is 0 Å². The van der Waals surface area contributed by atoms with E-state index in [-0.39, 0.29) is 31.3 Å². The van der Waals surface area contributed by atoms with Crippen LogP contribution in [0.1, 0.15) is 52.7 Å². The minimum Gasteiger partial charge on any atom is -0.493 e. The van der Waals surface area contributed by atoms with Gasteiger partial charge in [0.2, 0.25) is 0 Å². The molecule has 4 aromatic rings. The van der Waals surface area contributed by atoms with Crippen molar-refractivity contribution in [3.8, 4) is 22.6 Å². The second-order valence-corrected chi connectivity index (χ2v) is 15.1. The Morgan fingerprint density at radius 1 is 0.880 bits per heavy atom. The Morgan fingerprint density at radius 3 is 2.22 bits per heavy atom. The summed E-state index contributed by atoms with van der Waals surface area (Å²) in [6.45, 7) is 4.82. The van der Waals surface area contributed by atoms with E-state index in [0.29, 0.717) is 0 Å². The van der Waals surface area contributed by atoms with Crippen molar-refractivity contribution in [1.82, 2.24) is 10.2 Å². The molecular formula is C39H41Cl3N2O6. The second-order valence-electron chi connectivity index (χ2n) is 12.8. The lowest BCUT2D eigenvalue weighted by Gasteiger charge is -2.43. The summed E-state index contributed by atoms with van der Waals surface area (Å²) in [7, 11) is 3.33. The van der Waals surface area contributed by atoms with Crippen molar-refractivity contribution in [2.45, 2.75) is 55.3 Å². The number of fused-ring (bicyclic) bond motifs is 1. The predicted octanol–water partition coefficient (Wildman–Crippen LogP) is 7.70. The summed E-state index contributed by atoms with van der Waals surface area (Å²) in [6, 6.07) is 28.1. The molecule has 2 aliphatic rings. The molecule has 1 saturated heterocycles. The lowest BCUT2D eigenvalue weighted by molar-refractivity contribution is -0.276. The van der Waals surface area contributed by atoms with E-state index in [9.17, 15) is 9.90 Å². The van der Waals surface area contributed by atoms with E-state index in [1.807, 2.05) is 72.8 Å². The number of amides is 1. The van der Waals surface area contributed by atoms with Gasteiger partial charge in [0, 0.05) is 37.7 Å². The fourth-order valence-corrected chi connectivity index (χ4v) is 6.86. The fourth-order valence-electron chi connectivity index (χ4n) is 6.66. The van der Waals surface area contributed by atoms with Crippen molar-refractivity contribution in [3.05, 3.63) is 118 Å². The minimum absolute atomic E-state index is 0.0122. The summed E-state index contributed by atoms with van der Waals surface area (Å²) in [5, 5.41) is 12.3. The van der Waals surface area contributed by atoms with Gasteiger partial charge in [0.25, 0.3) is 9.70 Å². The third-order valence-electron chi connectivity index (χ3n) is 9.51. The van der Waals surface area contributed by atoms with Crippen molar-refractivity contribution >= 4 is 40.7 Å². The number of alkyl halides is 3. The van der Waals surface area contributed by atoms with Gasteiger partial charge >= 0.3 is 0 Å². The highest BCUT2D eigenvalue weighted by Gasteiger charge is 2.39. The molecule has 50 heavy (non-hydrogen) atoms. The third-order valence-corrected chi connectivity index (χ3v) is 10.0. The van der Waals surface area contributed by atoms with Crippen molar-refractivity contribution in [1.29, 1.82) is 0 Å². The molecule has 0 bridgehead atoms. The molecule has 1 fully saturated rings. The summed E-state index contributed by atoms with van der Waals surface area (Å²) in [5.74, 6) is 0.869. The van der Waals surface area contributed by atoms with Crippen LogP contribution in [0.25, 0.3) is 11.1 Å². The van der Waals surface area contributed by atoms with E-state index < -0.39 is 16.0 Å². The van der Waals surface area contributed by atoms with Gasteiger partial charge in [0.1, 0.15) is 0 Å². The SMILES string of the molecule is COc1cc2c(cc1OC)CN(CC1OC(c3ccc(-c4cccc(CNC(=O)C(Cl)(Cl)Cl)c4)cc3)OC(c3ccc(CO)cc3)C1C)CC2. The molecule has 2 aliphatic heterocycles. The van der Waals surface area contributed by atoms with Crippen LogP contribution in [0.2, 0.25) is 0 Å². The summed E-state index contributed by atoms with van der Waals surface area (Å²) in [5.41, 5.74) is 8.17. The van der Waals surface area contributed by atoms with Gasteiger partial charge < -0.3 is 29.4 Å². The number of hydrogen-bond donors (Lipinski definition) is 2. The molecule has 264 valence electrons.